The van der Waals surface area contributed by atoms with Gasteiger partial charge in [0.25, 0.3) is 0 Å². The minimum absolute atomic E-state index is 0.0675. The predicted molar refractivity (Wildman–Crippen MR) is 58.4 cm³/mol. The lowest BCUT2D eigenvalue weighted by Crippen LogP contribution is -2.09. The highest BCUT2D eigenvalue weighted by atomic mass is 16.5. The molecule has 96 valence electrons. The largest absolute Gasteiger partial charge is 0.478 e. The van der Waals surface area contributed by atoms with Gasteiger partial charge in [-0.15, -0.1) is 0 Å². The van der Waals surface area contributed by atoms with E-state index in [1.165, 1.54) is 0 Å². The fraction of sp³-hybridized carbons (Fsp3) is 0.700. The molecule has 0 radical (unpaired) electrons. The fourth-order valence-electron chi connectivity index (χ4n) is 0.529. The molecule has 0 aromatic carbocycles. The van der Waals surface area contributed by atoms with Crippen LogP contribution in [0.15, 0.2) is 12.7 Å². The molecule has 0 aromatic rings. The van der Waals surface area contributed by atoms with Crippen molar-refractivity contribution in [2.24, 2.45) is 0 Å². The number of carboxylic acids is 1. The molecule has 0 aliphatic carbocycles. The zero-order chi connectivity index (χ0) is 12.6. The predicted octanol–water partition coefficient (Wildman–Crippen LogP) is -0.0847. The van der Waals surface area contributed by atoms with Gasteiger partial charge in [-0.25, -0.2) is 4.79 Å². The Morgan fingerprint density at radius 3 is 2.00 bits per heavy atom. The molecule has 6 nitrogen and oxygen atoms in total. The number of rotatable bonds is 9. The van der Waals surface area contributed by atoms with E-state index in [4.69, 9.17) is 24.4 Å². The first-order chi connectivity index (χ1) is 7.68. The standard InChI is InChI=1S/C7H16O4.C3H4O2/c1-9-4-5-11-7-6-10-3-2-8;1-2-3(4)5/h8H,2-7H2,1H3;2H,1H2,(H,4,5). The number of ether oxygens (including phenoxy) is 3. The lowest BCUT2D eigenvalue weighted by molar-refractivity contribution is -0.131. The molecule has 0 saturated heterocycles. The number of aliphatic hydroxyl groups is 1. The number of aliphatic carboxylic acids is 1. The maximum atomic E-state index is 9.25. The Balaban J connectivity index is 0. The molecule has 0 atom stereocenters. The first-order valence-corrected chi connectivity index (χ1v) is 4.79. The van der Waals surface area contributed by atoms with Gasteiger partial charge in [-0.2, -0.15) is 0 Å². The second-order valence-electron chi connectivity index (χ2n) is 2.48. The van der Waals surface area contributed by atoms with Crippen LogP contribution in [0.1, 0.15) is 0 Å². The maximum absolute atomic E-state index is 9.25. The summed E-state index contributed by atoms with van der Waals surface area (Å²) in [6.07, 6.45) is 0.833. The number of carboxylic acid groups (broad SMARTS) is 1. The number of hydrogen-bond acceptors (Lipinski definition) is 5. The summed E-state index contributed by atoms with van der Waals surface area (Å²) >= 11 is 0. The molecule has 0 aliphatic heterocycles. The first kappa shape index (κ1) is 17.4. The number of methoxy groups -OCH3 is 1. The van der Waals surface area contributed by atoms with Gasteiger partial charge < -0.3 is 24.4 Å². The Kier molecular flexibility index (Phi) is 18.0. The van der Waals surface area contributed by atoms with Crippen molar-refractivity contribution < 1.29 is 29.2 Å². The Bertz CT molecular complexity index is 151. The normalized spacial score (nSPS) is 9.12. The molecule has 2 N–H and O–H groups in total. The van der Waals surface area contributed by atoms with Gasteiger partial charge in [-0.3, -0.25) is 0 Å². The highest BCUT2D eigenvalue weighted by Crippen LogP contribution is 1.78. The van der Waals surface area contributed by atoms with E-state index in [0.717, 1.165) is 6.08 Å². The highest BCUT2D eigenvalue weighted by molar-refractivity contribution is 5.78. The molecular formula is C10H20O6. The molecule has 0 unspecified atom stereocenters. The van der Waals surface area contributed by atoms with Crippen molar-refractivity contribution in [1.82, 2.24) is 0 Å². The number of aliphatic hydroxyl groups excluding tert-OH is 1. The lowest BCUT2D eigenvalue weighted by Gasteiger charge is -2.03. The molecule has 6 heteroatoms. The summed E-state index contributed by atoms with van der Waals surface area (Å²) in [7, 11) is 1.63. The van der Waals surface area contributed by atoms with E-state index in [1.807, 2.05) is 0 Å². The van der Waals surface area contributed by atoms with Crippen LogP contribution in [-0.4, -0.2) is 62.9 Å². The van der Waals surface area contributed by atoms with E-state index in [-0.39, 0.29) is 6.61 Å². The van der Waals surface area contributed by atoms with Crippen LogP contribution in [-0.2, 0) is 19.0 Å². The average molecular weight is 236 g/mol. The molecule has 0 aliphatic rings. The second kappa shape index (κ2) is 16.5. The SMILES string of the molecule is C=CC(=O)O.COCCOCCOCCO. The second-order valence-corrected chi connectivity index (χ2v) is 2.48. The van der Waals surface area contributed by atoms with Crippen LogP contribution in [0.5, 0.6) is 0 Å². The molecular weight excluding hydrogens is 216 g/mol. The van der Waals surface area contributed by atoms with E-state index in [9.17, 15) is 4.79 Å². The molecule has 16 heavy (non-hydrogen) atoms. The summed E-state index contributed by atoms with van der Waals surface area (Å²) in [4.78, 5) is 9.25. The van der Waals surface area contributed by atoms with E-state index < -0.39 is 5.97 Å². The van der Waals surface area contributed by atoms with Gasteiger partial charge in [-0.05, 0) is 0 Å². The van der Waals surface area contributed by atoms with Crippen LogP contribution >= 0.6 is 0 Å². The van der Waals surface area contributed by atoms with E-state index >= 15 is 0 Å². The quantitative estimate of drug-likeness (QED) is 0.430. The summed E-state index contributed by atoms with van der Waals surface area (Å²) in [5, 5.41) is 15.9. The van der Waals surface area contributed by atoms with Crippen molar-refractivity contribution in [2.45, 2.75) is 0 Å². The molecule has 0 bridgehead atoms. The van der Waals surface area contributed by atoms with Crippen molar-refractivity contribution in [3.05, 3.63) is 12.7 Å². The van der Waals surface area contributed by atoms with Crippen LogP contribution in [0.3, 0.4) is 0 Å². The highest BCUT2D eigenvalue weighted by Gasteiger charge is 1.87. The maximum Gasteiger partial charge on any atom is 0.327 e. The Morgan fingerprint density at radius 1 is 1.19 bits per heavy atom. The fourth-order valence-corrected chi connectivity index (χ4v) is 0.529. The Hall–Kier alpha value is -0.950. The van der Waals surface area contributed by atoms with Crippen molar-refractivity contribution in [3.63, 3.8) is 0 Å². The van der Waals surface area contributed by atoms with Gasteiger partial charge in [-0.1, -0.05) is 6.58 Å². The van der Waals surface area contributed by atoms with E-state index in [0.29, 0.717) is 33.0 Å². The third kappa shape index (κ3) is 23.1. The third-order valence-electron chi connectivity index (χ3n) is 1.21. The number of carbonyl (C=O) groups is 1. The zero-order valence-corrected chi connectivity index (χ0v) is 9.55. The average Bonchev–Trinajstić information content (AvgIpc) is 2.29. The molecule has 0 amide bonds. The molecule has 0 heterocycles. The van der Waals surface area contributed by atoms with Crippen molar-refractivity contribution >= 4 is 5.97 Å². The summed E-state index contributed by atoms with van der Waals surface area (Å²) < 4.78 is 14.8. The molecule has 0 saturated carbocycles. The lowest BCUT2D eigenvalue weighted by atomic mass is 10.7. The minimum atomic E-state index is -0.981. The van der Waals surface area contributed by atoms with Gasteiger partial charge in [0.1, 0.15) is 0 Å². The van der Waals surface area contributed by atoms with Gasteiger partial charge >= 0.3 is 5.97 Å². The topological polar surface area (TPSA) is 85.2 Å². The van der Waals surface area contributed by atoms with E-state index in [2.05, 4.69) is 6.58 Å². The third-order valence-corrected chi connectivity index (χ3v) is 1.21. The zero-order valence-electron chi connectivity index (χ0n) is 9.55. The van der Waals surface area contributed by atoms with Gasteiger partial charge in [0.2, 0.25) is 0 Å². The summed E-state index contributed by atoms with van der Waals surface area (Å²) in [5.41, 5.74) is 0. The molecule has 0 fully saturated rings. The smallest absolute Gasteiger partial charge is 0.327 e. The monoisotopic (exact) mass is 236 g/mol. The minimum Gasteiger partial charge on any atom is -0.478 e. The van der Waals surface area contributed by atoms with Crippen molar-refractivity contribution in [1.29, 1.82) is 0 Å². The molecule has 0 spiro atoms. The van der Waals surface area contributed by atoms with Crippen molar-refractivity contribution in [3.8, 4) is 0 Å². The van der Waals surface area contributed by atoms with Crippen LogP contribution in [0, 0.1) is 0 Å². The molecule has 0 aromatic heterocycles. The van der Waals surface area contributed by atoms with Gasteiger partial charge in [0.15, 0.2) is 0 Å². The van der Waals surface area contributed by atoms with Crippen LogP contribution < -0.4 is 0 Å². The van der Waals surface area contributed by atoms with E-state index in [1.54, 1.807) is 7.11 Å². The van der Waals surface area contributed by atoms with Gasteiger partial charge in [0, 0.05) is 13.2 Å². The number of hydrogen-bond donors (Lipinski definition) is 2. The van der Waals surface area contributed by atoms with Crippen LogP contribution in [0.4, 0.5) is 0 Å². The van der Waals surface area contributed by atoms with Crippen LogP contribution in [0.2, 0.25) is 0 Å². The Labute approximate surface area is 95.4 Å². The van der Waals surface area contributed by atoms with Crippen molar-refractivity contribution in [2.75, 3.05) is 46.8 Å². The summed E-state index contributed by atoms with van der Waals surface area (Å²) in [6.45, 7) is 5.71. The first-order valence-electron chi connectivity index (χ1n) is 4.79. The van der Waals surface area contributed by atoms with Crippen LogP contribution in [0.25, 0.3) is 0 Å². The molecule has 0 rings (SSSR count). The van der Waals surface area contributed by atoms with Gasteiger partial charge in [0.05, 0.1) is 39.6 Å². The Morgan fingerprint density at radius 2 is 1.62 bits per heavy atom. The summed E-state index contributed by atoms with van der Waals surface area (Å²) in [5.74, 6) is -0.981. The summed E-state index contributed by atoms with van der Waals surface area (Å²) in [6, 6.07) is 0.